The molecule has 0 radical (unpaired) electrons. The zero-order valence-corrected chi connectivity index (χ0v) is 9.79. The summed E-state index contributed by atoms with van der Waals surface area (Å²) in [6.07, 6.45) is -0.316. The molecule has 0 aliphatic heterocycles. The predicted molar refractivity (Wildman–Crippen MR) is 63.6 cm³/mol. The quantitative estimate of drug-likeness (QED) is 0.849. The number of hydrogen-bond donors (Lipinski definition) is 1. The molecular formula is C12H15NOS. The molecule has 80 valence electrons. The van der Waals surface area contributed by atoms with E-state index in [9.17, 15) is 5.11 Å². The van der Waals surface area contributed by atoms with Crippen molar-refractivity contribution in [2.24, 2.45) is 0 Å². The highest BCUT2D eigenvalue weighted by Gasteiger charge is 2.10. The maximum atomic E-state index is 9.34. The Hall–Kier alpha value is -0.980. The van der Waals surface area contributed by atoms with E-state index in [1.54, 1.807) is 18.7 Å². The number of nitrogens with zero attached hydrogens (tertiary/aromatic N) is 1. The number of hydrogen-bond acceptors (Lipinski definition) is 3. The third-order valence-corrected chi connectivity index (χ3v) is 3.72. The Morgan fingerprint density at radius 3 is 2.67 bits per heavy atom. The molecule has 0 aromatic heterocycles. The van der Waals surface area contributed by atoms with E-state index in [1.807, 2.05) is 31.2 Å². The Bertz CT molecular complexity index is 357. The van der Waals surface area contributed by atoms with Gasteiger partial charge in [-0.25, -0.2) is 0 Å². The van der Waals surface area contributed by atoms with Gasteiger partial charge in [0, 0.05) is 11.0 Å². The predicted octanol–water partition coefficient (Wildman–Crippen LogP) is 2.56. The van der Waals surface area contributed by atoms with E-state index < -0.39 is 0 Å². The molecule has 0 spiro atoms. The number of rotatable bonds is 4. The highest BCUT2D eigenvalue weighted by atomic mass is 32.2. The fourth-order valence-corrected chi connectivity index (χ4v) is 2.09. The summed E-state index contributed by atoms with van der Waals surface area (Å²) in [6.45, 7) is 3.78. The van der Waals surface area contributed by atoms with Crippen molar-refractivity contribution >= 4 is 11.8 Å². The van der Waals surface area contributed by atoms with Gasteiger partial charge in [0.1, 0.15) is 0 Å². The standard InChI is InChI=1S/C12H15NOS/c1-9(14)10(2)15-8-12-6-4-3-5-11(12)7-13/h3-6,9-10,14H,8H2,1-2H3. The highest BCUT2D eigenvalue weighted by molar-refractivity contribution is 7.99. The number of benzene rings is 1. The summed E-state index contributed by atoms with van der Waals surface area (Å²) >= 11 is 1.67. The second kappa shape index (κ2) is 5.79. The molecule has 0 fully saturated rings. The summed E-state index contributed by atoms with van der Waals surface area (Å²) in [5.74, 6) is 0.774. The fourth-order valence-electron chi connectivity index (χ4n) is 1.12. The minimum absolute atomic E-state index is 0.191. The molecule has 2 atom stereocenters. The van der Waals surface area contributed by atoms with Crippen LogP contribution in [-0.4, -0.2) is 16.5 Å². The monoisotopic (exact) mass is 221 g/mol. The van der Waals surface area contributed by atoms with Crippen LogP contribution in [0.5, 0.6) is 0 Å². The molecule has 1 N–H and O–H groups in total. The van der Waals surface area contributed by atoms with Crippen LogP contribution in [0.3, 0.4) is 0 Å². The van der Waals surface area contributed by atoms with Crippen molar-refractivity contribution in [1.82, 2.24) is 0 Å². The number of aliphatic hydroxyl groups excluding tert-OH is 1. The third-order valence-electron chi connectivity index (χ3n) is 2.32. The van der Waals surface area contributed by atoms with Crippen molar-refractivity contribution in [3.63, 3.8) is 0 Å². The minimum Gasteiger partial charge on any atom is -0.392 e. The fraction of sp³-hybridized carbons (Fsp3) is 0.417. The van der Waals surface area contributed by atoms with Gasteiger partial charge in [-0.15, -0.1) is 0 Å². The lowest BCUT2D eigenvalue weighted by Crippen LogP contribution is -2.15. The molecule has 1 aromatic rings. The van der Waals surface area contributed by atoms with Gasteiger partial charge in [-0.05, 0) is 18.6 Å². The Morgan fingerprint density at radius 1 is 1.40 bits per heavy atom. The number of nitriles is 1. The maximum absolute atomic E-state index is 9.34. The second-order valence-corrected chi connectivity index (χ2v) is 4.89. The van der Waals surface area contributed by atoms with Crippen LogP contribution in [0.4, 0.5) is 0 Å². The van der Waals surface area contributed by atoms with Crippen LogP contribution in [0.25, 0.3) is 0 Å². The lowest BCUT2D eigenvalue weighted by Gasteiger charge is -2.14. The first kappa shape index (κ1) is 12.1. The van der Waals surface area contributed by atoms with Gasteiger partial charge in [0.2, 0.25) is 0 Å². The van der Waals surface area contributed by atoms with E-state index in [4.69, 9.17) is 5.26 Å². The van der Waals surface area contributed by atoms with Crippen LogP contribution in [0, 0.1) is 11.3 Å². The summed E-state index contributed by atoms with van der Waals surface area (Å²) in [5, 5.41) is 18.4. The number of aliphatic hydroxyl groups is 1. The van der Waals surface area contributed by atoms with Gasteiger partial charge in [0.05, 0.1) is 17.7 Å². The first-order chi connectivity index (χ1) is 7.15. The highest BCUT2D eigenvalue weighted by Crippen LogP contribution is 2.21. The van der Waals surface area contributed by atoms with Crippen LogP contribution in [0.15, 0.2) is 24.3 Å². The van der Waals surface area contributed by atoms with Gasteiger partial charge < -0.3 is 5.11 Å². The van der Waals surface area contributed by atoms with Crippen LogP contribution in [0.2, 0.25) is 0 Å². The first-order valence-corrected chi connectivity index (χ1v) is 5.97. The van der Waals surface area contributed by atoms with Gasteiger partial charge in [-0.3, -0.25) is 0 Å². The Balaban J connectivity index is 2.62. The van der Waals surface area contributed by atoms with Crippen LogP contribution < -0.4 is 0 Å². The van der Waals surface area contributed by atoms with Gasteiger partial charge in [-0.2, -0.15) is 17.0 Å². The van der Waals surface area contributed by atoms with Crippen molar-refractivity contribution in [3.05, 3.63) is 35.4 Å². The molecule has 0 bridgehead atoms. The summed E-state index contributed by atoms with van der Waals surface area (Å²) in [7, 11) is 0. The zero-order valence-electron chi connectivity index (χ0n) is 8.97. The molecule has 2 nitrogen and oxygen atoms in total. The van der Waals surface area contributed by atoms with E-state index in [0.29, 0.717) is 0 Å². The van der Waals surface area contributed by atoms with E-state index in [2.05, 4.69) is 6.07 Å². The van der Waals surface area contributed by atoms with E-state index >= 15 is 0 Å². The van der Waals surface area contributed by atoms with E-state index in [0.717, 1.165) is 16.9 Å². The van der Waals surface area contributed by atoms with Gasteiger partial charge in [-0.1, -0.05) is 25.1 Å². The molecule has 0 heterocycles. The summed E-state index contributed by atoms with van der Waals surface area (Å²) in [6, 6.07) is 9.75. The number of thioether (sulfide) groups is 1. The van der Waals surface area contributed by atoms with Crippen molar-refractivity contribution in [3.8, 4) is 6.07 Å². The lowest BCUT2D eigenvalue weighted by molar-refractivity contribution is 0.196. The molecule has 0 aliphatic carbocycles. The Morgan fingerprint density at radius 2 is 2.07 bits per heavy atom. The van der Waals surface area contributed by atoms with Crippen LogP contribution in [0.1, 0.15) is 25.0 Å². The van der Waals surface area contributed by atoms with Crippen LogP contribution >= 0.6 is 11.8 Å². The average Bonchev–Trinajstić information content (AvgIpc) is 2.26. The maximum Gasteiger partial charge on any atom is 0.0994 e. The zero-order chi connectivity index (χ0) is 11.3. The summed E-state index contributed by atoms with van der Waals surface area (Å²) in [5.41, 5.74) is 1.76. The van der Waals surface area contributed by atoms with Crippen molar-refractivity contribution in [1.29, 1.82) is 5.26 Å². The molecule has 0 saturated heterocycles. The minimum atomic E-state index is -0.316. The molecule has 1 rings (SSSR count). The van der Waals surface area contributed by atoms with Crippen LogP contribution in [-0.2, 0) is 5.75 Å². The third kappa shape index (κ3) is 3.58. The van der Waals surface area contributed by atoms with Crippen molar-refractivity contribution in [2.75, 3.05) is 0 Å². The molecule has 0 saturated carbocycles. The van der Waals surface area contributed by atoms with Gasteiger partial charge in [0.15, 0.2) is 0 Å². The van der Waals surface area contributed by atoms with Gasteiger partial charge >= 0.3 is 0 Å². The SMILES string of the molecule is CC(O)C(C)SCc1ccccc1C#N. The normalized spacial score (nSPS) is 14.3. The Labute approximate surface area is 94.9 Å². The smallest absolute Gasteiger partial charge is 0.0994 e. The molecule has 2 unspecified atom stereocenters. The largest absolute Gasteiger partial charge is 0.392 e. The topological polar surface area (TPSA) is 44.0 Å². The second-order valence-electron chi connectivity index (χ2n) is 3.53. The summed E-state index contributed by atoms with van der Waals surface area (Å²) < 4.78 is 0. The molecule has 0 aliphatic rings. The molecule has 3 heteroatoms. The van der Waals surface area contributed by atoms with E-state index in [-0.39, 0.29) is 11.4 Å². The first-order valence-electron chi connectivity index (χ1n) is 4.93. The average molecular weight is 221 g/mol. The summed E-state index contributed by atoms with van der Waals surface area (Å²) in [4.78, 5) is 0. The van der Waals surface area contributed by atoms with Crippen molar-refractivity contribution in [2.45, 2.75) is 31.0 Å². The van der Waals surface area contributed by atoms with E-state index in [1.165, 1.54) is 0 Å². The molecule has 15 heavy (non-hydrogen) atoms. The molecule has 1 aromatic carbocycles. The van der Waals surface area contributed by atoms with Gasteiger partial charge in [0.25, 0.3) is 0 Å². The molecule has 0 amide bonds. The Kier molecular flexibility index (Phi) is 4.67. The van der Waals surface area contributed by atoms with Crippen molar-refractivity contribution < 1.29 is 5.11 Å². The lowest BCUT2D eigenvalue weighted by atomic mass is 10.1. The molecular weight excluding hydrogens is 206 g/mol.